The fourth-order valence-electron chi connectivity index (χ4n) is 2.56. The molecule has 0 saturated carbocycles. The average molecular weight is 258 g/mol. The van der Waals surface area contributed by atoms with E-state index in [1.807, 2.05) is 11.6 Å². The number of aliphatic hydroxyl groups excluding tert-OH is 1. The molecule has 0 amide bonds. The molecular formula is C16H22N2O. The lowest BCUT2D eigenvalue weighted by Crippen LogP contribution is -2.08. The van der Waals surface area contributed by atoms with Crippen molar-refractivity contribution in [2.24, 2.45) is 0 Å². The van der Waals surface area contributed by atoms with Crippen molar-refractivity contribution in [3.8, 4) is 0 Å². The third kappa shape index (κ3) is 3.24. The fraction of sp³-hybridized carbons (Fsp3) is 0.438. The minimum atomic E-state index is -0.472. The SMILES string of the molecule is CCn1nc(C)cc1CC(O)c1cc(C)cc(C)c1. The number of benzene rings is 1. The largest absolute Gasteiger partial charge is 0.388 e. The van der Waals surface area contributed by atoms with Crippen molar-refractivity contribution in [3.05, 3.63) is 52.3 Å². The third-order valence-corrected chi connectivity index (χ3v) is 3.32. The molecule has 0 spiro atoms. The minimum Gasteiger partial charge on any atom is -0.388 e. The van der Waals surface area contributed by atoms with Gasteiger partial charge in [-0.05, 0) is 39.3 Å². The first-order chi connectivity index (χ1) is 8.99. The molecule has 0 saturated heterocycles. The molecule has 1 heterocycles. The summed E-state index contributed by atoms with van der Waals surface area (Å²) in [7, 11) is 0. The molecule has 0 fully saturated rings. The molecule has 0 radical (unpaired) electrons. The molecule has 0 aliphatic carbocycles. The Morgan fingerprint density at radius 3 is 2.32 bits per heavy atom. The second-order valence-electron chi connectivity index (χ2n) is 5.23. The first-order valence-electron chi connectivity index (χ1n) is 6.79. The molecule has 1 atom stereocenters. The zero-order valence-electron chi connectivity index (χ0n) is 12.1. The molecule has 0 aliphatic heterocycles. The van der Waals surface area contributed by atoms with Gasteiger partial charge < -0.3 is 5.11 Å². The zero-order chi connectivity index (χ0) is 14.0. The summed E-state index contributed by atoms with van der Waals surface area (Å²) in [6.07, 6.45) is 0.136. The van der Waals surface area contributed by atoms with Crippen molar-refractivity contribution >= 4 is 0 Å². The number of aryl methyl sites for hydroxylation is 4. The zero-order valence-corrected chi connectivity index (χ0v) is 12.1. The van der Waals surface area contributed by atoms with Gasteiger partial charge in [0.05, 0.1) is 11.8 Å². The highest BCUT2D eigenvalue weighted by Crippen LogP contribution is 2.21. The Morgan fingerprint density at radius 2 is 1.74 bits per heavy atom. The maximum Gasteiger partial charge on any atom is 0.0845 e. The number of hydrogen-bond donors (Lipinski definition) is 1. The highest BCUT2D eigenvalue weighted by atomic mass is 16.3. The molecule has 0 bridgehead atoms. The highest BCUT2D eigenvalue weighted by Gasteiger charge is 2.13. The van der Waals surface area contributed by atoms with Crippen LogP contribution in [0.4, 0.5) is 0 Å². The molecule has 3 nitrogen and oxygen atoms in total. The Balaban J connectivity index is 2.22. The van der Waals surface area contributed by atoms with Gasteiger partial charge in [-0.1, -0.05) is 29.3 Å². The fourth-order valence-corrected chi connectivity index (χ4v) is 2.56. The second kappa shape index (κ2) is 5.57. The van der Waals surface area contributed by atoms with E-state index in [9.17, 15) is 5.11 Å². The highest BCUT2D eigenvalue weighted by molar-refractivity contribution is 5.30. The van der Waals surface area contributed by atoms with Crippen molar-refractivity contribution in [3.63, 3.8) is 0 Å². The molecule has 102 valence electrons. The van der Waals surface area contributed by atoms with Gasteiger partial charge in [-0.15, -0.1) is 0 Å². The lowest BCUT2D eigenvalue weighted by molar-refractivity contribution is 0.175. The Morgan fingerprint density at radius 1 is 1.11 bits per heavy atom. The number of aliphatic hydroxyl groups is 1. The van der Waals surface area contributed by atoms with Crippen LogP contribution in [-0.4, -0.2) is 14.9 Å². The van der Waals surface area contributed by atoms with Crippen molar-refractivity contribution < 1.29 is 5.11 Å². The van der Waals surface area contributed by atoms with E-state index in [0.717, 1.165) is 23.5 Å². The summed E-state index contributed by atoms with van der Waals surface area (Å²) in [6.45, 7) is 9.01. The van der Waals surface area contributed by atoms with Crippen LogP contribution in [0.15, 0.2) is 24.3 Å². The van der Waals surface area contributed by atoms with Crippen LogP contribution in [-0.2, 0) is 13.0 Å². The molecule has 19 heavy (non-hydrogen) atoms. The van der Waals surface area contributed by atoms with E-state index in [1.165, 1.54) is 11.1 Å². The topological polar surface area (TPSA) is 38.0 Å². The summed E-state index contributed by atoms with van der Waals surface area (Å²) in [6, 6.07) is 8.28. The first-order valence-corrected chi connectivity index (χ1v) is 6.79. The number of hydrogen-bond acceptors (Lipinski definition) is 2. The predicted molar refractivity (Wildman–Crippen MR) is 77.2 cm³/mol. The van der Waals surface area contributed by atoms with Crippen LogP contribution in [0.25, 0.3) is 0 Å². The monoisotopic (exact) mass is 258 g/mol. The standard InChI is InChI=1S/C16H22N2O/c1-5-18-15(9-13(4)17-18)10-16(19)14-7-11(2)6-12(3)8-14/h6-9,16,19H,5,10H2,1-4H3. The van der Waals surface area contributed by atoms with E-state index in [2.05, 4.69) is 50.1 Å². The van der Waals surface area contributed by atoms with Crippen molar-refractivity contribution in [1.29, 1.82) is 0 Å². The van der Waals surface area contributed by atoms with Crippen molar-refractivity contribution in [2.75, 3.05) is 0 Å². The second-order valence-corrected chi connectivity index (χ2v) is 5.23. The molecular weight excluding hydrogens is 236 g/mol. The van der Waals surface area contributed by atoms with Crippen LogP contribution in [0.2, 0.25) is 0 Å². The summed E-state index contributed by atoms with van der Waals surface area (Å²) >= 11 is 0. The van der Waals surface area contributed by atoms with Crippen LogP contribution >= 0.6 is 0 Å². The number of nitrogens with zero attached hydrogens (tertiary/aromatic N) is 2. The van der Waals surface area contributed by atoms with Gasteiger partial charge in [0.1, 0.15) is 0 Å². The molecule has 2 rings (SSSR count). The van der Waals surface area contributed by atoms with Gasteiger partial charge in [0.25, 0.3) is 0 Å². The van der Waals surface area contributed by atoms with Crippen LogP contribution in [0.1, 0.15) is 41.1 Å². The van der Waals surface area contributed by atoms with Gasteiger partial charge in [-0.25, -0.2) is 0 Å². The minimum absolute atomic E-state index is 0.472. The van der Waals surface area contributed by atoms with Crippen molar-refractivity contribution in [2.45, 2.75) is 46.8 Å². The summed E-state index contributed by atoms with van der Waals surface area (Å²) < 4.78 is 1.96. The molecule has 1 aromatic carbocycles. The smallest absolute Gasteiger partial charge is 0.0845 e. The lowest BCUT2D eigenvalue weighted by atomic mass is 10.00. The van der Waals surface area contributed by atoms with E-state index in [4.69, 9.17) is 0 Å². The van der Waals surface area contributed by atoms with Gasteiger partial charge >= 0.3 is 0 Å². The molecule has 1 N–H and O–H groups in total. The molecule has 1 aromatic heterocycles. The first kappa shape index (κ1) is 13.8. The molecule has 3 heteroatoms. The van der Waals surface area contributed by atoms with Crippen LogP contribution < -0.4 is 0 Å². The van der Waals surface area contributed by atoms with Gasteiger partial charge in [-0.3, -0.25) is 4.68 Å². The Kier molecular flexibility index (Phi) is 4.05. The molecule has 1 unspecified atom stereocenters. The molecule has 0 aliphatic rings. The summed E-state index contributed by atoms with van der Waals surface area (Å²) in [5.74, 6) is 0. The lowest BCUT2D eigenvalue weighted by Gasteiger charge is -2.13. The van der Waals surface area contributed by atoms with Crippen LogP contribution in [0.5, 0.6) is 0 Å². The average Bonchev–Trinajstić information content (AvgIpc) is 2.68. The van der Waals surface area contributed by atoms with Gasteiger partial charge in [0, 0.05) is 18.7 Å². The van der Waals surface area contributed by atoms with Crippen molar-refractivity contribution in [1.82, 2.24) is 9.78 Å². The normalized spacial score (nSPS) is 12.7. The van der Waals surface area contributed by atoms with Gasteiger partial charge in [-0.2, -0.15) is 5.10 Å². The van der Waals surface area contributed by atoms with Gasteiger partial charge in [0.2, 0.25) is 0 Å². The quantitative estimate of drug-likeness (QED) is 0.915. The summed E-state index contributed by atoms with van der Waals surface area (Å²) in [5.41, 5.74) is 5.46. The van der Waals surface area contributed by atoms with Crippen LogP contribution in [0.3, 0.4) is 0 Å². The summed E-state index contributed by atoms with van der Waals surface area (Å²) in [5, 5.41) is 14.8. The van der Waals surface area contributed by atoms with E-state index in [-0.39, 0.29) is 0 Å². The van der Waals surface area contributed by atoms with Gasteiger partial charge in [0.15, 0.2) is 0 Å². The third-order valence-electron chi connectivity index (χ3n) is 3.32. The maximum absolute atomic E-state index is 10.4. The van der Waals surface area contributed by atoms with E-state index in [1.54, 1.807) is 0 Å². The summed E-state index contributed by atoms with van der Waals surface area (Å²) in [4.78, 5) is 0. The number of rotatable bonds is 4. The van der Waals surface area contributed by atoms with E-state index in [0.29, 0.717) is 6.42 Å². The molecule has 2 aromatic rings. The van der Waals surface area contributed by atoms with E-state index < -0.39 is 6.10 Å². The Labute approximate surface area is 114 Å². The predicted octanol–water partition coefficient (Wildman–Crippen LogP) is 3.10. The maximum atomic E-state index is 10.4. The Hall–Kier alpha value is -1.61. The van der Waals surface area contributed by atoms with E-state index >= 15 is 0 Å². The van der Waals surface area contributed by atoms with Crippen LogP contribution in [0, 0.1) is 20.8 Å². The Bertz CT molecular complexity index is 552. The number of aromatic nitrogens is 2.